The van der Waals surface area contributed by atoms with E-state index in [9.17, 15) is 9.59 Å². The van der Waals surface area contributed by atoms with Crippen molar-refractivity contribution in [3.8, 4) is 5.75 Å². The van der Waals surface area contributed by atoms with Crippen LogP contribution in [0.15, 0.2) is 18.2 Å². The second kappa shape index (κ2) is 8.04. The lowest BCUT2D eigenvalue weighted by molar-refractivity contribution is -0.143. The Morgan fingerprint density at radius 1 is 1.35 bits per heavy atom. The maximum atomic E-state index is 11.4. The van der Waals surface area contributed by atoms with Gasteiger partial charge in [-0.05, 0) is 31.5 Å². The molecule has 6 heteroatoms. The molecule has 0 aliphatic rings. The monoisotopic (exact) mass is 280 g/mol. The SMILES string of the molecule is CCOC(=O)CCCNc1ccc(OC)cc1C(N)=O. The molecule has 0 aliphatic heterocycles. The number of methoxy groups -OCH3 is 1. The van der Waals surface area contributed by atoms with Gasteiger partial charge in [0.05, 0.1) is 19.3 Å². The summed E-state index contributed by atoms with van der Waals surface area (Å²) in [6.07, 6.45) is 0.950. The summed E-state index contributed by atoms with van der Waals surface area (Å²) in [4.78, 5) is 22.5. The van der Waals surface area contributed by atoms with E-state index in [1.54, 1.807) is 25.1 Å². The number of nitrogens with two attached hydrogens (primary N) is 1. The Labute approximate surface area is 118 Å². The summed E-state index contributed by atoms with van der Waals surface area (Å²) in [6.45, 7) is 2.70. The van der Waals surface area contributed by atoms with E-state index >= 15 is 0 Å². The highest BCUT2D eigenvalue weighted by molar-refractivity contribution is 5.98. The van der Waals surface area contributed by atoms with Crippen molar-refractivity contribution in [2.24, 2.45) is 5.73 Å². The van der Waals surface area contributed by atoms with Crippen molar-refractivity contribution in [1.82, 2.24) is 0 Å². The summed E-state index contributed by atoms with van der Waals surface area (Å²) in [5.41, 5.74) is 6.31. The Kier molecular flexibility index (Phi) is 6.36. The molecule has 3 N–H and O–H groups in total. The smallest absolute Gasteiger partial charge is 0.305 e. The van der Waals surface area contributed by atoms with Crippen LogP contribution < -0.4 is 15.8 Å². The Hall–Kier alpha value is -2.24. The average Bonchev–Trinajstić information content (AvgIpc) is 2.43. The maximum Gasteiger partial charge on any atom is 0.305 e. The summed E-state index contributed by atoms with van der Waals surface area (Å²) in [7, 11) is 1.52. The Morgan fingerprint density at radius 2 is 2.10 bits per heavy atom. The fraction of sp³-hybridized carbons (Fsp3) is 0.429. The summed E-state index contributed by atoms with van der Waals surface area (Å²) < 4.78 is 9.88. The van der Waals surface area contributed by atoms with Gasteiger partial charge >= 0.3 is 5.97 Å². The van der Waals surface area contributed by atoms with E-state index in [0.29, 0.717) is 43.0 Å². The lowest BCUT2D eigenvalue weighted by Gasteiger charge is -2.11. The lowest BCUT2D eigenvalue weighted by atomic mass is 10.1. The second-order valence-corrected chi connectivity index (χ2v) is 4.11. The molecule has 0 atom stereocenters. The molecule has 0 aromatic heterocycles. The van der Waals surface area contributed by atoms with Crippen molar-refractivity contribution in [2.75, 3.05) is 25.6 Å². The summed E-state index contributed by atoms with van der Waals surface area (Å²) in [5, 5.41) is 3.08. The molecule has 0 radical (unpaired) electrons. The van der Waals surface area contributed by atoms with Gasteiger partial charge in [-0.3, -0.25) is 9.59 Å². The quantitative estimate of drug-likeness (QED) is 0.557. The van der Waals surface area contributed by atoms with Crippen molar-refractivity contribution in [1.29, 1.82) is 0 Å². The van der Waals surface area contributed by atoms with Gasteiger partial charge in [0.25, 0.3) is 5.91 Å². The van der Waals surface area contributed by atoms with Crippen LogP contribution in [-0.2, 0) is 9.53 Å². The Bertz CT molecular complexity index is 474. The van der Waals surface area contributed by atoms with Crippen LogP contribution in [0.5, 0.6) is 5.75 Å². The van der Waals surface area contributed by atoms with Crippen LogP contribution in [0.4, 0.5) is 5.69 Å². The van der Waals surface area contributed by atoms with E-state index in [1.165, 1.54) is 7.11 Å². The fourth-order valence-corrected chi connectivity index (χ4v) is 1.70. The molecule has 0 bridgehead atoms. The van der Waals surface area contributed by atoms with E-state index < -0.39 is 5.91 Å². The molecule has 1 aromatic rings. The normalized spacial score (nSPS) is 9.90. The van der Waals surface area contributed by atoms with Gasteiger partial charge in [-0.15, -0.1) is 0 Å². The van der Waals surface area contributed by atoms with Crippen LogP contribution in [0.2, 0.25) is 0 Å². The van der Waals surface area contributed by atoms with Crippen LogP contribution in [0.3, 0.4) is 0 Å². The first-order valence-corrected chi connectivity index (χ1v) is 6.45. The molecule has 0 heterocycles. The van der Waals surface area contributed by atoms with Gasteiger partial charge in [-0.2, -0.15) is 0 Å². The van der Waals surface area contributed by atoms with Crippen molar-refractivity contribution >= 4 is 17.6 Å². The molecule has 0 fully saturated rings. The van der Waals surface area contributed by atoms with E-state index in [-0.39, 0.29) is 5.97 Å². The fourth-order valence-electron chi connectivity index (χ4n) is 1.70. The zero-order valence-electron chi connectivity index (χ0n) is 11.8. The maximum absolute atomic E-state index is 11.4. The van der Waals surface area contributed by atoms with Crippen LogP contribution >= 0.6 is 0 Å². The zero-order chi connectivity index (χ0) is 15.0. The molecule has 110 valence electrons. The number of amides is 1. The molecule has 1 amide bonds. The number of primary amides is 1. The third kappa shape index (κ3) is 4.79. The van der Waals surface area contributed by atoms with Crippen LogP contribution in [-0.4, -0.2) is 32.1 Å². The first kappa shape index (κ1) is 15.8. The van der Waals surface area contributed by atoms with E-state index in [4.69, 9.17) is 15.2 Å². The Morgan fingerprint density at radius 3 is 2.70 bits per heavy atom. The first-order valence-electron chi connectivity index (χ1n) is 6.45. The molecule has 6 nitrogen and oxygen atoms in total. The molecular weight excluding hydrogens is 260 g/mol. The highest BCUT2D eigenvalue weighted by Crippen LogP contribution is 2.21. The predicted octanol–water partition coefficient (Wildman–Crippen LogP) is 1.55. The molecule has 0 saturated heterocycles. The third-order valence-electron chi connectivity index (χ3n) is 2.67. The second-order valence-electron chi connectivity index (χ2n) is 4.11. The summed E-state index contributed by atoms with van der Waals surface area (Å²) >= 11 is 0. The minimum absolute atomic E-state index is 0.223. The highest BCUT2D eigenvalue weighted by Gasteiger charge is 2.09. The van der Waals surface area contributed by atoms with Gasteiger partial charge in [-0.25, -0.2) is 0 Å². The number of hydrogen-bond donors (Lipinski definition) is 2. The number of ether oxygens (including phenoxy) is 2. The van der Waals surface area contributed by atoms with Crippen molar-refractivity contribution in [3.05, 3.63) is 23.8 Å². The number of hydrogen-bond acceptors (Lipinski definition) is 5. The molecular formula is C14H20N2O4. The van der Waals surface area contributed by atoms with Crippen LogP contribution in [0, 0.1) is 0 Å². The van der Waals surface area contributed by atoms with Crippen molar-refractivity contribution in [2.45, 2.75) is 19.8 Å². The molecule has 1 rings (SSSR count). The third-order valence-corrected chi connectivity index (χ3v) is 2.67. The van der Waals surface area contributed by atoms with Gasteiger partial charge in [-0.1, -0.05) is 0 Å². The summed E-state index contributed by atoms with van der Waals surface area (Å²) in [5.74, 6) is -0.188. The molecule has 0 aliphatic carbocycles. The first-order chi connectivity index (χ1) is 9.58. The average molecular weight is 280 g/mol. The minimum Gasteiger partial charge on any atom is -0.497 e. The van der Waals surface area contributed by atoms with Crippen LogP contribution in [0.1, 0.15) is 30.1 Å². The van der Waals surface area contributed by atoms with Crippen molar-refractivity contribution < 1.29 is 19.1 Å². The largest absolute Gasteiger partial charge is 0.497 e. The molecule has 0 unspecified atom stereocenters. The van der Waals surface area contributed by atoms with Gasteiger partial charge in [0, 0.05) is 18.7 Å². The highest BCUT2D eigenvalue weighted by atomic mass is 16.5. The molecule has 1 aromatic carbocycles. The van der Waals surface area contributed by atoms with Gasteiger partial charge in [0.1, 0.15) is 5.75 Å². The molecule has 20 heavy (non-hydrogen) atoms. The summed E-state index contributed by atoms with van der Waals surface area (Å²) in [6, 6.07) is 5.04. The topological polar surface area (TPSA) is 90.7 Å². The van der Waals surface area contributed by atoms with Gasteiger partial charge in [0.15, 0.2) is 0 Å². The van der Waals surface area contributed by atoms with Crippen LogP contribution in [0.25, 0.3) is 0 Å². The lowest BCUT2D eigenvalue weighted by Crippen LogP contribution is -2.15. The number of rotatable bonds is 8. The molecule has 0 spiro atoms. The number of esters is 1. The predicted molar refractivity (Wildman–Crippen MR) is 75.9 cm³/mol. The minimum atomic E-state index is -0.531. The van der Waals surface area contributed by atoms with E-state index in [2.05, 4.69) is 5.32 Å². The van der Waals surface area contributed by atoms with Gasteiger partial charge < -0.3 is 20.5 Å². The zero-order valence-corrected chi connectivity index (χ0v) is 11.8. The van der Waals surface area contributed by atoms with Crippen molar-refractivity contribution in [3.63, 3.8) is 0 Å². The number of anilines is 1. The number of carbonyl (C=O) groups is 2. The van der Waals surface area contributed by atoms with E-state index in [0.717, 1.165) is 0 Å². The number of benzene rings is 1. The Balaban J connectivity index is 2.55. The number of carbonyl (C=O) groups excluding carboxylic acids is 2. The van der Waals surface area contributed by atoms with Gasteiger partial charge in [0.2, 0.25) is 0 Å². The standard InChI is InChI=1S/C14H20N2O4/c1-3-20-13(17)5-4-8-16-12-7-6-10(19-2)9-11(12)14(15)18/h6-7,9,16H,3-5,8H2,1-2H3,(H2,15,18). The van der Waals surface area contributed by atoms with E-state index in [1.807, 2.05) is 0 Å². The number of nitrogens with one attached hydrogen (secondary N) is 1. The molecule has 0 saturated carbocycles.